The Morgan fingerprint density at radius 1 is 1.32 bits per heavy atom. The van der Waals surface area contributed by atoms with Crippen LogP contribution in [-0.2, 0) is 6.42 Å². The van der Waals surface area contributed by atoms with Crippen molar-refractivity contribution in [2.45, 2.75) is 38.6 Å². The fourth-order valence-corrected chi connectivity index (χ4v) is 4.04. The first-order valence-corrected chi connectivity index (χ1v) is 9.53. The van der Waals surface area contributed by atoms with Crippen molar-refractivity contribution in [2.24, 2.45) is 5.92 Å². The topological polar surface area (TPSA) is 44.8 Å². The van der Waals surface area contributed by atoms with Gasteiger partial charge < -0.3 is 19.9 Å². The number of hydrogen-bond donors (Lipinski definition) is 1. The second-order valence-electron chi connectivity index (χ2n) is 7.42. The molecule has 1 saturated heterocycles. The van der Waals surface area contributed by atoms with Crippen LogP contribution in [-0.4, -0.2) is 56.2 Å². The first-order valence-electron chi connectivity index (χ1n) is 9.53. The predicted octanol–water partition coefficient (Wildman–Crippen LogP) is 3.06. The number of benzene rings is 1. The Morgan fingerprint density at radius 3 is 2.80 bits per heavy atom. The molecule has 1 aromatic rings. The van der Waals surface area contributed by atoms with Crippen molar-refractivity contribution < 1.29 is 9.53 Å². The molecule has 3 rings (SSSR count). The third kappa shape index (κ3) is 4.27. The molecule has 1 aromatic carbocycles. The summed E-state index contributed by atoms with van der Waals surface area (Å²) in [6.45, 7) is 5.79. The minimum atomic E-state index is 0.0404. The van der Waals surface area contributed by atoms with E-state index in [0.717, 1.165) is 38.2 Å². The average Bonchev–Trinajstić information content (AvgIpc) is 3.01. The number of urea groups is 1. The van der Waals surface area contributed by atoms with Gasteiger partial charge in [-0.25, -0.2) is 4.79 Å². The molecule has 0 aromatic heterocycles. The van der Waals surface area contributed by atoms with E-state index in [1.807, 2.05) is 31.0 Å². The zero-order valence-electron chi connectivity index (χ0n) is 15.8. The van der Waals surface area contributed by atoms with Gasteiger partial charge >= 0.3 is 6.03 Å². The fourth-order valence-electron chi connectivity index (χ4n) is 4.04. The summed E-state index contributed by atoms with van der Waals surface area (Å²) in [5, 5.41) is 3.22. The van der Waals surface area contributed by atoms with Gasteiger partial charge in [0.2, 0.25) is 0 Å². The average molecular weight is 345 g/mol. The molecule has 2 amide bonds. The second-order valence-corrected chi connectivity index (χ2v) is 7.42. The summed E-state index contributed by atoms with van der Waals surface area (Å²) in [5.41, 5.74) is 2.47. The van der Waals surface area contributed by atoms with Gasteiger partial charge in [0.05, 0.1) is 12.6 Å². The number of hydrogen-bond acceptors (Lipinski definition) is 3. The number of carbonyl (C=O) groups excluding carboxylic acids is 1. The van der Waals surface area contributed by atoms with Gasteiger partial charge in [-0.2, -0.15) is 0 Å². The summed E-state index contributed by atoms with van der Waals surface area (Å²) >= 11 is 0. The first-order chi connectivity index (χ1) is 12.1. The van der Waals surface area contributed by atoms with Crippen LogP contribution in [0.5, 0.6) is 5.75 Å². The van der Waals surface area contributed by atoms with Gasteiger partial charge in [0, 0.05) is 13.6 Å². The first kappa shape index (κ1) is 18.1. The SMILES string of the molecule is CCOc1cccc2c1CC[C@H]2NC(=O)N(C)CC1CCN(C)CC1. The van der Waals surface area contributed by atoms with Gasteiger partial charge in [-0.15, -0.1) is 0 Å². The zero-order valence-corrected chi connectivity index (χ0v) is 15.8. The summed E-state index contributed by atoms with van der Waals surface area (Å²) in [6.07, 6.45) is 4.28. The van der Waals surface area contributed by atoms with Gasteiger partial charge in [0.15, 0.2) is 0 Å². The van der Waals surface area contributed by atoms with E-state index in [4.69, 9.17) is 4.74 Å². The maximum absolute atomic E-state index is 12.6. The van der Waals surface area contributed by atoms with Crippen molar-refractivity contribution in [3.05, 3.63) is 29.3 Å². The Kier molecular flexibility index (Phi) is 5.84. The molecule has 1 heterocycles. The minimum absolute atomic E-state index is 0.0404. The van der Waals surface area contributed by atoms with Crippen LogP contribution in [0.1, 0.15) is 43.4 Å². The highest BCUT2D eigenvalue weighted by atomic mass is 16.5. The van der Waals surface area contributed by atoms with Crippen LogP contribution in [0.25, 0.3) is 0 Å². The highest BCUT2D eigenvalue weighted by molar-refractivity contribution is 5.74. The van der Waals surface area contributed by atoms with Gasteiger partial charge in [-0.05, 0) is 75.9 Å². The molecule has 0 spiro atoms. The Hall–Kier alpha value is -1.75. The molecule has 0 saturated carbocycles. The number of ether oxygens (including phenoxy) is 1. The Morgan fingerprint density at radius 2 is 2.08 bits per heavy atom. The Balaban J connectivity index is 1.56. The van der Waals surface area contributed by atoms with Crippen molar-refractivity contribution in [3.63, 3.8) is 0 Å². The predicted molar refractivity (Wildman–Crippen MR) is 100 cm³/mol. The molecule has 0 bridgehead atoms. The normalized spacial score (nSPS) is 21.0. The van der Waals surface area contributed by atoms with E-state index < -0.39 is 0 Å². The van der Waals surface area contributed by atoms with Crippen LogP contribution in [0.2, 0.25) is 0 Å². The minimum Gasteiger partial charge on any atom is -0.494 e. The fraction of sp³-hybridized carbons (Fsp3) is 0.650. The van der Waals surface area contributed by atoms with Crippen LogP contribution in [0.4, 0.5) is 4.79 Å². The smallest absolute Gasteiger partial charge is 0.317 e. The number of carbonyl (C=O) groups is 1. The molecule has 5 heteroatoms. The van der Waals surface area contributed by atoms with E-state index in [-0.39, 0.29) is 12.1 Å². The van der Waals surface area contributed by atoms with Crippen molar-refractivity contribution in [1.82, 2.24) is 15.1 Å². The lowest BCUT2D eigenvalue weighted by Crippen LogP contribution is -2.43. The molecule has 1 atom stereocenters. The van der Waals surface area contributed by atoms with Gasteiger partial charge in [0.1, 0.15) is 5.75 Å². The van der Waals surface area contributed by atoms with E-state index >= 15 is 0 Å². The molecular weight excluding hydrogens is 314 g/mol. The van der Waals surface area contributed by atoms with Crippen LogP contribution >= 0.6 is 0 Å². The van der Waals surface area contributed by atoms with Crippen molar-refractivity contribution in [1.29, 1.82) is 0 Å². The maximum atomic E-state index is 12.6. The Bertz CT molecular complexity index is 597. The molecule has 1 aliphatic heterocycles. The monoisotopic (exact) mass is 345 g/mol. The van der Waals surface area contributed by atoms with E-state index in [1.54, 1.807) is 0 Å². The molecule has 1 fully saturated rings. The lowest BCUT2D eigenvalue weighted by atomic mass is 9.97. The van der Waals surface area contributed by atoms with Gasteiger partial charge in [-0.3, -0.25) is 0 Å². The summed E-state index contributed by atoms with van der Waals surface area (Å²) < 4.78 is 5.73. The van der Waals surface area contributed by atoms with Crippen LogP contribution in [0.3, 0.4) is 0 Å². The zero-order chi connectivity index (χ0) is 17.8. The van der Waals surface area contributed by atoms with E-state index in [1.165, 1.54) is 24.0 Å². The number of likely N-dealkylation sites (tertiary alicyclic amines) is 1. The maximum Gasteiger partial charge on any atom is 0.317 e. The largest absolute Gasteiger partial charge is 0.494 e. The second kappa shape index (κ2) is 8.09. The van der Waals surface area contributed by atoms with E-state index in [2.05, 4.69) is 23.3 Å². The number of rotatable bonds is 5. The molecule has 138 valence electrons. The van der Waals surface area contributed by atoms with Crippen LogP contribution in [0.15, 0.2) is 18.2 Å². The summed E-state index contributed by atoms with van der Waals surface area (Å²) in [5.74, 6) is 1.59. The number of nitrogens with zero attached hydrogens (tertiary/aromatic N) is 2. The molecule has 1 aliphatic carbocycles. The number of nitrogens with one attached hydrogen (secondary N) is 1. The van der Waals surface area contributed by atoms with Crippen LogP contribution in [0, 0.1) is 5.92 Å². The van der Waals surface area contributed by atoms with Crippen molar-refractivity contribution in [2.75, 3.05) is 40.3 Å². The lowest BCUT2D eigenvalue weighted by molar-refractivity contribution is 0.168. The molecule has 1 N–H and O–H groups in total. The highest BCUT2D eigenvalue weighted by Crippen LogP contribution is 2.37. The summed E-state index contributed by atoms with van der Waals surface area (Å²) in [7, 11) is 4.08. The van der Waals surface area contributed by atoms with E-state index in [9.17, 15) is 4.79 Å². The van der Waals surface area contributed by atoms with Crippen molar-refractivity contribution >= 4 is 6.03 Å². The summed E-state index contributed by atoms with van der Waals surface area (Å²) in [6, 6.07) is 6.31. The molecular formula is C20H31N3O2. The number of fused-ring (bicyclic) bond motifs is 1. The highest BCUT2D eigenvalue weighted by Gasteiger charge is 2.28. The lowest BCUT2D eigenvalue weighted by Gasteiger charge is -2.32. The third-order valence-corrected chi connectivity index (χ3v) is 5.54. The third-order valence-electron chi connectivity index (χ3n) is 5.54. The molecule has 5 nitrogen and oxygen atoms in total. The molecule has 0 radical (unpaired) electrons. The molecule has 2 aliphatic rings. The van der Waals surface area contributed by atoms with Gasteiger partial charge in [-0.1, -0.05) is 12.1 Å². The molecule has 0 unspecified atom stereocenters. The Labute approximate surface area is 151 Å². The van der Waals surface area contributed by atoms with Crippen molar-refractivity contribution in [3.8, 4) is 5.75 Å². The van der Waals surface area contributed by atoms with Gasteiger partial charge in [0.25, 0.3) is 0 Å². The number of piperidine rings is 1. The summed E-state index contributed by atoms with van der Waals surface area (Å²) in [4.78, 5) is 16.9. The molecule has 25 heavy (non-hydrogen) atoms. The van der Waals surface area contributed by atoms with Crippen LogP contribution < -0.4 is 10.1 Å². The van der Waals surface area contributed by atoms with E-state index in [0.29, 0.717) is 12.5 Å². The number of amides is 2. The standard InChI is InChI=1S/C20H31N3O2/c1-4-25-19-7-5-6-16-17(19)8-9-18(16)21-20(24)23(3)14-15-10-12-22(2)13-11-15/h5-7,15,18H,4,8-14H2,1-3H3,(H,21,24)/t18-/m1/s1. The quantitative estimate of drug-likeness (QED) is 0.892.